The van der Waals surface area contributed by atoms with Crippen molar-refractivity contribution in [2.75, 3.05) is 13.2 Å². The summed E-state index contributed by atoms with van der Waals surface area (Å²) in [6.07, 6.45) is 1.87. The first-order valence-corrected chi connectivity index (χ1v) is 6.11. The molecule has 2 amide bonds. The number of amides is 2. The maximum Gasteiger partial charge on any atom is 0.220 e. The van der Waals surface area contributed by atoms with Crippen LogP contribution in [0, 0.1) is 5.92 Å². The summed E-state index contributed by atoms with van der Waals surface area (Å²) >= 11 is 0. The fourth-order valence-electron chi connectivity index (χ4n) is 1.20. The van der Waals surface area contributed by atoms with Crippen LogP contribution in [0.25, 0.3) is 0 Å². The number of nitrogens with one attached hydrogen (secondary N) is 1. The highest BCUT2D eigenvalue weighted by atomic mass is 16.5. The van der Waals surface area contributed by atoms with E-state index in [-0.39, 0.29) is 23.8 Å². The van der Waals surface area contributed by atoms with Crippen LogP contribution in [0.4, 0.5) is 0 Å². The van der Waals surface area contributed by atoms with Gasteiger partial charge in [0.2, 0.25) is 11.8 Å². The molecule has 0 aromatic rings. The second kappa shape index (κ2) is 8.98. The Hall–Kier alpha value is -1.10. The minimum absolute atomic E-state index is 0.0392. The van der Waals surface area contributed by atoms with Gasteiger partial charge in [0.05, 0.1) is 6.10 Å². The van der Waals surface area contributed by atoms with E-state index < -0.39 is 0 Å². The lowest BCUT2D eigenvalue weighted by Crippen LogP contribution is -2.27. The Morgan fingerprint density at radius 1 is 1.29 bits per heavy atom. The molecule has 5 heteroatoms. The van der Waals surface area contributed by atoms with E-state index in [0.717, 1.165) is 6.42 Å². The molecule has 0 aromatic heterocycles. The van der Waals surface area contributed by atoms with Crippen LogP contribution in [0.2, 0.25) is 0 Å². The molecule has 0 aliphatic heterocycles. The summed E-state index contributed by atoms with van der Waals surface area (Å²) in [6, 6.07) is 0. The van der Waals surface area contributed by atoms with Crippen LogP contribution in [0.1, 0.15) is 40.0 Å². The second-order valence-corrected chi connectivity index (χ2v) is 4.47. The summed E-state index contributed by atoms with van der Waals surface area (Å²) in [5, 5.41) is 2.78. The van der Waals surface area contributed by atoms with Crippen molar-refractivity contribution in [2.45, 2.75) is 46.1 Å². The van der Waals surface area contributed by atoms with Gasteiger partial charge in [-0.05, 0) is 26.7 Å². The quantitative estimate of drug-likeness (QED) is 0.589. The van der Waals surface area contributed by atoms with Gasteiger partial charge in [-0.1, -0.05) is 6.92 Å². The van der Waals surface area contributed by atoms with E-state index in [2.05, 4.69) is 5.32 Å². The zero-order chi connectivity index (χ0) is 13.3. The molecule has 0 rings (SSSR count). The molecule has 17 heavy (non-hydrogen) atoms. The Kier molecular flexibility index (Phi) is 8.40. The lowest BCUT2D eigenvalue weighted by Gasteiger charge is -2.09. The summed E-state index contributed by atoms with van der Waals surface area (Å²) in [4.78, 5) is 22.1. The Labute approximate surface area is 103 Å². The van der Waals surface area contributed by atoms with Gasteiger partial charge in [-0.2, -0.15) is 0 Å². The highest BCUT2D eigenvalue weighted by Crippen LogP contribution is 2.03. The van der Waals surface area contributed by atoms with Crippen molar-refractivity contribution in [3.63, 3.8) is 0 Å². The van der Waals surface area contributed by atoms with E-state index in [4.69, 9.17) is 10.5 Å². The van der Waals surface area contributed by atoms with Crippen LogP contribution in [0.5, 0.6) is 0 Å². The van der Waals surface area contributed by atoms with E-state index in [1.165, 1.54) is 0 Å². The molecule has 0 spiro atoms. The smallest absolute Gasteiger partial charge is 0.220 e. The zero-order valence-corrected chi connectivity index (χ0v) is 11.0. The van der Waals surface area contributed by atoms with Crippen LogP contribution in [0.3, 0.4) is 0 Å². The van der Waals surface area contributed by atoms with Gasteiger partial charge in [0.1, 0.15) is 0 Å². The van der Waals surface area contributed by atoms with E-state index in [9.17, 15) is 9.59 Å². The van der Waals surface area contributed by atoms with Gasteiger partial charge in [0, 0.05) is 25.5 Å². The normalized spacial score (nSPS) is 12.5. The second-order valence-electron chi connectivity index (χ2n) is 4.47. The van der Waals surface area contributed by atoms with Crippen LogP contribution < -0.4 is 11.1 Å². The molecule has 0 aliphatic rings. The Balaban J connectivity index is 3.44. The molecule has 5 nitrogen and oxygen atoms in total. The summed E-state index contributed by atoms with van der Waals surface area (Å²) in [5.74, 6) is -0.643. The number of hydrogen-bond donors (Lipinski definition) is 2. The number of primary amides is 1. The van der Waals surface area contributed by atoms with Crippen LogP contribution >= 0.6 is 0 Å². The van der Waals surface area contributed by atoms with Crippen molar-refractivity contribution >= 4 is 11.8 Å². The highest BCUT2D eigenvalue weighted by molar-refractivity contribution is 5.79. The topological polar surface area (TPSA) is 81.4 Å². The molecule has 0 aromatic carbocycles. The lowest BCUT2D eigenvalue weighted by molar-refractivity contribution is -0.123. The van der Waals surface area contributed by atoms with Crippen molar-refractivity contribution in [3.8, 4) is 0 Å². The molecule has 0 saturated carbocycles. The molecule has 0 saturated heterocycles. The molecule has 1 atom stereocenters. The van der Waals surface area contributed by atoms with Crippen molar-refractivity contribution in [1.29, 1.82) is 0 Å². The van der Waals surface area contributed by atoms with Crippen molar-refractivity contribution in [1.82, 2.24) is 5.32 Å². The van der Waals surface area contributed by atoms with Gasteiger partial charge < -0.3 is 15.8 Å². The largest absolute Gasteiger partial charge is 0.379 e. The molecule has 0 unspecified atom stereocenters. The number of carbonyl (C=O) groups is 2. The third kappa shape index (κ3) is 9.81. The standard InChI is InChI=1S/C12H24N2O3/c1-9(2)17-8-4-7-14-11(15)6-5-10(3)12(13)16/h9-10H,4-8H2,1-3H3,(H2,13,16)(H,14,15)/t10-/m0/s1. The molecular formula is C12H24N2O3. The fraction of sp³-hybridized carbons (Fsp3) is 0.833. The first-order valence-electron chi connectivity index (χ1n) is 6.11. The molecule has 0 aliphatic carbocycles. The van der Waals surface area contributed by atoms with Crippen molar-refractivity contribution in [2.24, 2.45) is 11.7 Å². The molecule has 0 radical (unpaired) electrons. The predicted molar refractivity (Wildman–Crippen MR) is 66.3 cm³/mol. The monoisotopic (exact) mass is 244 g/mol. The highest BCUT2D eigenvalue weighted by Gasteiger charge is 2.10. The Bertz CT molecular complexity index is 242. The van der Waals surface area contributed by atoms with Gasteiger partial charge in [-0.25, -0.2) is 0 Å². The van der Waals surface area contributed by atoms with E-state index in [0.29, 0.717) is 26.0 Å². The van der Waals surface area contributed by atoms with Crippen LogP contribution in [-0.2, 0) is 14.3 Å². The number of rotatable bonds is 9. The van der Waals surface area contributed by atoms with Gasteiger partial charge in [0.25, 0.3) is 0 Å². The summed E-state index contributed by atoms with van der Waals surface area (Å²) in [7, 11) is 0. The molecule has 3 N–H and O–H groups in total. The molecule has 0 heterocycles. The molecule has 100 valence electrons. The van der Waals surface area contributed by atoms with Gasteiger partial charge >= 0.3 is 0 Å². The van der Waals surface area contributed by atoms with E-state index >= 15 is 0 Å². The average Bonchev–Trinajstić information content (AvgIpc) is 2.24. The summed E-state index contributed by atoms with van der Waals surface area (Å²) in [6.45, 7) is 6.94. The molecule has 0 fully saturated rings. The first-order chi connectivity index (χ1) is 7.93. The third-order valence-corrected chi connectivity index (χ3v) is 2.38. The Morgan fingerprint density at radius 2 is 1.94 bits per heavy atom. The van der Waals surface area contributed by atoms with E-state index in [1.807, 2.05) is 13.8 Å². The zero-order valence-electron chi connectivity index (χ0n) is 11.0. The number of ether oxygens (including phenoxy) is 1. The maximum absolute atomic E-state index is 11.4. The maximum atomic E-state index is 11.4. The Morgan fingerprint density at radius 3 is 2.47 bits per heavy atom. The summed E-state index contributed by atoms with van der Waals surface area (Å²) in [5.41, 5.74) is 5.10. The predicted octanol–water partition coefficient (Wildman–Crippen LogP) is 0.819. The van der Waals surface area contributed by atoms with Crippen LogP contribution in [0.15, 0.2) is 0 Å². The fourth-order valence-corrected chi connectivity index (χ4v) is 1.20. The first kappa shape index (κ1) is 15.9. The third-order valence-electron chi connectivity index (χ3n) is 2.38. The SMILES string of the molecule is CC(C)OCCCNC(=O)CC[C@H](C)C(N)=O. The van der Waals surface area contributed by atoms with Crippen molar-refractivity contribution < 1.29 is 14.3 Å². The summed E-state index contributed by atoms with van der Waals surface area (Å²) < 4.78 is 5.34. The lowest BCUT2D eigenvalue weighted by atomic mass is 10.1. The number of hydrogen-bond acceptors (Lipinski definition) is 3. The number of nitrogens with two attached hydrogens (primary N) is 1. The molecule has 0 bridgehead atoms. The van der Waals surface area contributed by atoms with Gasteiger partial charge in [-0.3, -0.25) is 9.59 Å². The van der Waals surface area contributed by atoms with E-state index in [1.54, 1.807) is 6.92 Å². The van der Waals surface area contributed by atoms with Gasteiger partial charge in [0.15, 0.2) is 0 Å². The van der Waals surface area contributed by atoms with Crippen LogP contribution in [-0.4, -0.2) is 31.1 Å². The minimum atomic E-state index is -0.358. The van der Waals surface area contributed by atoms with Gasteiger partial charge in [-0.15, -0.1) is 0 Å². The minimum Gasteiger partial charge on any atom is -0.379 e. The van der Waals surface area contributed by atoms with Crippen molar-refractivity contribution in [3.05, 3.63) is 0 Å². The average molecular weight is 244 g/mol. The molecular weight excluding hydrogens is 220 g/mol. The number of carbonyl (C=O) groups excluding carboxylic acids is 2.